The highest BCUT2D eigenvalue weighted by atomic mass is 15.1. The van der Waals surface area contributed by atoms with E-state index < -0.39 is 0 Å². The highest BCUT2D eigenvalue weighted by Gasteiger charge is 2.14. The van der Waals surface area contributed by atoms with E-state index in [1.807, 2.05) is 0 Å². The van der Waals surface area contributed by atoms with E-state index in [4.69, 9.17) is 0 Å². The van der Waals surface area contributed by atoms with Gasteiger partial charge in [0, 0.05) is 17.1 Å². The average Bonchev–Trinajstić information content (AvgIpc) is 3.16. The van der Waals surface area contributed by atoms with E-state index in [2.05, 4.69) is 90.3 Å². The Labute approximate surface area is 156 Å². The molecule has 3 aromatic rings. The van der Waals surface area contributed by atoms with Gasteiger partial charge in [0.1, 0.15) is 0 Å². The van der Waals surface area contributed by atoms with Crippen molar-refractivity contribution in [3.8, 4) is 0 Å². The standard InChI is InChI=1S/C25H25N/c1-20(15-16-21-17-18-22-9-8-10-23(22)19-21)26(24-11-4-2-5-12-24)25-13-6-3-7-14-25/h2-7,11-14,17-19H,1,8-10,15-16H2. The van der Waals surface area contributed by atoms with E-state index >= 15 is 0 Å². The topological polar surface area (TPSA) is 3.24 Å². The van der Waals surface area contributed by atoms with Gasteiger partial charge in [-0.05, 0) is 73.1 Å². The Morgan fingerprint density at radius 3 is 2.04 bits per heavy atom. The molecule has 1 aliphatic carbocycles. The largest absolute Gasteiger partial charge is 0.315 e. The Hall–Kier alpha value is -2.80. The van der Waals surface area contributed by atoms with E-state index in [1.54, 1.807) is 11.1 Å². The first-order valence-corrected chi connectivity index (χ1v) is 9.50. The maximum Gasteiger partial charge on any atom is 0.0458 e. The predicted molar refractivity (Wildman–Crippen MR) is 111 cm³/mol. The molecule has 0 heterocycles. The normalized spacial score (nSPS) is 12.6. The molecule has 0 unspecified atom stereocenters. The van der Waals surface area contributed by atoms with Crippen LogP contribution in [0.5, 0.6) is 0 Å². The van der Waals surface area contributed by atoms with Crippen LogP contribution in [-0.4, -0.2) is 0 Å². The van der Waals surface area contributed by atoms with Crippen LogP contribution in [0.25, 0.3) is 0 Å². The molecular formula is C25H25N. The van der Waals surface area contributed by atoms with Gasteiger partial charge in [0.05, 0.1) is 0 Å². The third-order valence-corrected chi connectivity index (χ3v) is 5.21. The first-order chi connectivity index (χ1) is 12.8. The molecule has 1 nitrogen and oxygen atoms in total. The molecule has 0 saturated heterocycles. The first kappa shape index (κ1) is 16.7. The van der Waals surface area contributed by atoms with E-state index in [0.717, 1.165) is 29.9 Å². The number of para-hydroxylation sites is 2. The predicted octanol–water partition coefficient (Wildman–Crippen LogP) is 6.46. The van der Waals surface area contributed by atoms with Gasteiger partial charge in [-0.15, -0.1) is 0 Å². The van der Waals surface area contributed by atoms with Crippen molar-refractivity contribution in [2.45, 2.75) is 32.1 Å². The van der Waals surface area contributed by atoms with Crippen LogP contribution in [0.2, 0.25) is 0 Å². The minimum absolute atomic E-state index is 0.947. The summed E-state index contributed by atoms with van der Waals surface area (Å²) in [4.78, 5) is 2.27. The Balaban J connectivity index is 1.53. The molecule has 1 aliphatic rings. The van der Waals surface area contributed by atoms with Gasteiger partial charge in [0.2, 0.25) is 0 Å². The number of benzene rings is 3. The van der Waals surface area contributed by atoms with Gasteiger partial charge in [-0.1, -0.05) is 61.2 Å². The maximum absolute atomic E-state index is 4.42. The van der Waals surface area contributed by atoms with Crippen molar-refractivity contribution in [3.05, 3.63) is 108 Å². The molecule has 0 radical (unpaired) electrons. The number of hydrogen-bond donors (Lipinski definition) is 0. The molecule has 0 saturated carbocycles. The van der Waals surface area contributed by atoms with Crippen molar-refractivity contribution in [1.29, 1.82) is 0 Å². The van der Waals surface area contributed by atoms with Crippen molar-refractivity contribution in [2.75, 3.05) is 4.90 Å². The molecule has 0 bridgehead atoms. The number of fused-ring (bicyclic) bond motifs is 1. The number of rotatable bonds is 6. The summed E-state index contributed by atoms with van der Waals surface area (Å²) in [5.74, 6) is 0. The number of aryl methyl sites for hydroxylation is 3. The van der Waals surface area contributed by atoms with Gasteiger partial charge < -0.3 is 4.90 Å². The smallest absolute Gasteiger partial charge is 0.0458 e. The molecule has 1 heteroatoms. The molecule has 0 fully saturated rings. The Bertz CT molecular complexity index is 841. The minimum Gasteiger partial charge on any atom is -0.315 e. The van der Waals surface area contributed by atoms with Crippen molar-refractivity contribution >= 4 is 11.4 Å². The lowest BCUT2D eigenvalue weighted by molar-refractivity contribution is 0.902. The van der Waals surface area contributed by atoms with Gasteiger partial charge in [-0.25, -0.2) is 0 Å². The highest BCUT2D eigenvalue weighted by molar-refractivity contribution is 5.67. The van der Waals surface area contributed by atoms with Crippen molar-refractivity contribution in [2.24, 2.45) is 0 Å². The van der Waals surface area contributed by atoms with Crippen LogP contribution < -0.4 is 4.90 Å². The van der Waals surface area contributed by atoms with Crippen LogP contribution in [0.15, 0.2) is 91.1 Å². The number of nitrogens with zero attached hydrogens (tertiary/aromatic N) is 1. The second kappa shape index (κ2) is 7.61. The Morgan fingerprint density at radius 1 is 0.769 bits per heavy atom. The molecule has 0 atom stereocenters. The lowest BCUT2D eigenvalue weighted by Gasteiger charge is -2.27. The van der Waals surface area contributed by atoms with Crippen LogP contribution in [-0.2, 0) is 19.3 Å². The van der Waals surface area contributed by atoms with Gasteiger partial charge in [-0.2, -0.15) is 0 Å². The van der Waals surface area contributed by atoms with Crippen molar-refractivity contribution < 1.29 is 0 Å². The summed E-state index contributed by atoms with van der Waals surface area (Å²) in [6, 6.07) is 28.1. The van der Waals surface area contributed by atoms with Crippen LogP contribution in [0.3, 0.4) is 0 Å². The van der Waals surface area contributed by atoms with Crippen molar-refractivity contribution in [3.63, 3.8) is 0 Å². The summed E-state index contributed by atoms with van der Waals surface area (Å²) >= 11 is 0. The Kier molecular flexibility index (Phi) is 4.88. The van der Waals surface area contributed by atoms with Crippen LogP contribution >= 0.6 is 0 Å². The molecule has 3 aromatic carbocycles. The molecular weight excluding hydrogens is 314 g/mol. The fourth-order valence-corrected chi connectivity index (χ4v) is 3.85. The molecule has 0 spiro atoms. The number of hydrogen-bond acceptors (Lipinski definition) is 1. The number of allylic oxidation sites excluding steroid dienone is 1. The average molecular weight is 339 g/mol. The fraction of sp³-hybridized carbons (Fsp3) is 0.200. The summed E-state index contributed by atoms with van der Waals surface area (Å²) in [6.07, 6.45) is 5.77. The minimum atomic E-state index is 0.947. The molecule has 4 rings (SSSR count). The van der Waals surface area contributed by atoms with Crippen LogP contribution in [0, 0.1) is 0 Å². The summed E-state index contributed by atoms with van der Waals surface area (Å²) in [7, 11) is 0. The summed E-state index contributed by atoms with van der Waals surface area (Å²) in [6.45, 7) is 4.42. The molecule has 26 heavy (non-hydrogen) atoms. The van der Waals surface area contributed by atoms with E-state index in [0.29, 0.717) is 0 Å². The fourth-order valence-electron chi connectivity index (χ4n) is 3.85. The molecule has 0 amide bonds. The SMILES string of the molecule is C=C(CCc1ccc2c(c1)CCC2)N(c1ccccc1)c1ccccc1. The zero-order valence-electron chi connectivity index (χ0n) is 15.2. The van der Waals surface area contributed by atoms with Crippen LogP contribution in [0.4, 0.5) is 11.4 Å². The van der Waals surface area contributed by atoms with Crippen molar-refractivity contribution in [1.82, 2.24) is 0 Å². The monoisotopic (exact) mass is 339 g/mol. The molecule has 0 aromatic heterocycles. The van der Waals surface area contributed by atoms with Gasteiger partial charge in [0.25, 0.3) is 0 Å². The Morgan fingerprint density at radius 2 is 1.38 bits per heavy atom. The van der Waals surface area contributed by atoms with Crippen LogP contribution in [0.1, 0.15) is 29.5 Å². The number of anilines is 2. The maximum atomic E-state index is 4.42. The molecule has 130 valence electrons. The second-order valence-corrected chi connectivity index (χ2v) is 7.03. The quantitative estimate of drug-likeness (QED) is 0.498. The summed E-state index contributed by atoms with van der Waals surface area (Å²) in [5.41, 5.74) is 7.98. The summed E-state index contributed by atoms with van der Waals surface area (Å²) in [5, 5.41) is 0. The lowest BCUT2D eigenvalue weighted by Crippen LogP contribution is -2.16. The zero-order chi connectivity index (χ0) is 17.8. The first-order valence-electron chi connectivity index (χ1n) is 9.50. The molecule has 0 aliphatic heterocycles. The summed E-state index contributed by atoms with van der Waals surface area (Å²) < 4.78 is 0. The third-order valence-electron chi connectivity index (χ3n) is 5.21. The van der Waals surface area contributed by atoms with E-state index in [1.165, 1.54) is 24.8 Å². The van der Waals surface area contributed by atoms with E-state index in [9.17, 15) is 0 Å². The molecule has 0 N–H and O–H groups in total. The van der Waals surface area contributed by atoms with E-state index in [-0.39, 0.29) is 0 Å². The van der Waals surface area contributed by atoms with Gasteiger partial charge >= 0.3 is 0 Å². The highest BCUT2D eigenvalue weighted by Crippen LogP contribution is 2.31. The third kappa shape index (κ3) is 3.57. The van der Waals surface area contributed by atoms with Gasteiger partial charge in [-0.3, -0.25) is 0 Å². The van der Waals surface area contributed by atoms with Gasteiger partial charge in [0.15, 0.2) is 0 Å². The second-order valence-electron chi connectivity index (χ2n) is 7.03. The zero-order valence-corrected chi connectivity index (χ0v) is 15.2. The lowest BCUT2D eigenvalue weighted by atomic mass is 10.0.